The SMILES string of the molecule is CC(=N/n1c(C)c(C)c(C)c1C)/C(C)=N\n1c(C)c(C)c(C)c1C. The summed E-state index contributed by atoms with van der Waals surface area (Å²) in [6, 6.07) is 0. The molecule has 0 radical (unpaired) electrons. The molecule has 0 saturated carbocycles. The van der Waals surface area contributed by atoms with Crippen molar-refractivity contribution in [3.05, 3.63) is 45.0 Å². The average Bonchev–Trinajstić information content (AvgIpc) is 2.84. The number of aromatic nitrogens is 2. The van der Waals surface area contributed by atoms with E-state index in [1.807, 2.05) is 23.2 Å². The van der Waals surface area contributed by atoms with Crippen molar-refractivity contribution in [2.45, 2.75) is 69.2 Å². The third kappa shape index (κ3) is 2.85. The molecular formula is C20H30N4. The van der Waals surface area contributed by atoms with Crippen molar-refractivity contribution in [1.29, 1.82) is 0 Å². The van der Waals surface area contributed by atoms with E-state index in [9.17, 15) is 0 Å². The van der Waals surface area contributed by atoms with Gasteiger partial charge in [0.25, 0.3) is 0 Å². The van der Waals surface area contributed by atoms with Gasteiger partial charge in [0.2, 0.25) is 0 Å². The lowest BCUT2D eigenvalue weighted by atomic mass is 10.2. The largest absolute Gasteiger partial charge is 0.242 e. The Morgan fingerprint density at radius 2 is 0.708 bits per heavy atom. The fourth-order valence-corrected chi connectivity index (χ4v) is 2.97. The monoisotopic (exact) mass is 326 g/mol. The van der Waals surface area contributed by atoms with Gasteiger partial charge in [0.15, 0.2) is 0 Å². The van der Waals surface area contributed by atoms with Crippen LogP contribution in [0, 0.1) is 55.4 Å². The first-order chi connectivity index (χ1) is 11.1. The highest BCUT2D eigenvalue weighted by molar-refractivity contribution is 6.40. The van der Waals surface area contributed by atoms with E-state index in [0.29, 0.717) is 0 Å². The van der Waals surface area contributed by atoms with Crippen LogP contribution in [0.25, 0.3) is 0 Å². The second kappa shape index (κ2) is 6.42. The van der Waals surface area contributed by atoms with Crippen LogP contribution in [0.3, 0.4) is 0 Å². The maximum atomic E-state index is 4.81. The Morgan fingerprint density at radius 3 is 0.917 bits per heavy atom. The molecule has 0 aliphatic rings. The number of nitrogens with zero attached hydrogens (tertiary/aromatic N) is 4. The van der Waals surface area contributed by atoms with E-state index < -0.39 is 0 Å². The van der Waals surface area contributed by atoms with Crippen molar-refractivity contribution in [2.24, 2.45) is 10.2 Å². The molecular weight excluding hydrogens is 296 g/mol. The molecule has 0 unspecified atom stereocenters. The first-order valence-corrected chi connectivity index (χ1v) is 8.49. The maximum Gasteiger partial charge on any atom is 0.0812 e. The Hall–Kier alpha value is -2.10. The molecule has 0 spiro atoms. The van der Waals surface area contributed by atoms with Crippen LogP contribution in [0.2, 0.25) is 0 Å². The van der Waals surface area contributed by atoms with E-state index in [2.05, 4.69) is 55.4 Å². The number of hydrogen-bond donors (Lipinski definition) is 0. The van der Waals surface area contributed by atoms with Crippen LogP contribution in [0.5, 0.6) is 0 Å². The summed E-state index contributed by atoms with van der Waals surface area (Å²) in [5, 5.41) is 9.63. The van der Waals surface area contributed by atoms with Crippen LogP contribution in [0.15, 0.2) is 10.2 Å². The molecule has 2 rings (SSSR count). The normalized spacial score (nSPS) is 13.1. The van der Waals surface area contributed by atoms with Gasteiger partial charge in [-0.2, -0.15) is 10.2 Å². The van der Waals surface area contributed by atoms with Gasteiger partial charge in [0.1, 0.15) is 0 Å². The summed E-state index contributed by atoms with van der Waals surface area (Å²) in [5.41, 5.74) is 11.9. The van der Waals surface area contributed by atoms with Gasteiger partial charge < -0.3 is 0 Å². The molecule has 130 valence electrons. The molecule has 2 aromatic rings. The topological polar surface area (TPSA) is 34.6 Å². The van der Waals surface area contributed by atoms with Crippen LogP contribution in [-0.4, -0.2) is 20.8 Å². The fraction of sp³-hybridized carbons (Fsp3) is 0.500. The molecule has 0 amide bonds. The van der Waals surface area contributed by atoms with Gasteiger partial charge in [-0.3, -0.25) is 0 Å². The van der Waals surface area contributed by atoms with Crippen LogP contribution < -0.4 is 0 Å². The molecule has 0 aromatic carbocycles. The van der Waals surface area contributed by atoms with Gasteiger partial charge in [-0.1, -0.05) is 0 Å². The number of hydrogen-bond acceptors (Lipinski definition) is 2. The molecule has 0 N–H and O–H groups in total. The molecule has 0 fully saturated rings. The van der Waals surface area contributed by atoms with Crippen LogP contribution >= 0.6 is 0 Å². The van der Waals surface area contributed by atoms with E-state index in [-0.39, 0.29) is 0 Å². The molecule has 2 heterocycles. The third-order valence-electron chi connectivity index (χ3n) is 5.59. The van der Waals surface area contributed by atoms with E-state index in [1.54, 1.807) is 0 Å². The summed E-state index contributed by atoms with van der Waals surface area (Å²) in [5.74, 6) is 0. The van der Waals surface area contributed by atoms with Crippen molar-refractivity contribution in [3.63, 3.8) is 0 Å². The van der Waals surface area contributed by atoms with Crippen LogP contribution in [-0.2, 0) is 0 Å². The molecule has 4 nitrogen and oxygen atoms in total. The minimum absolute atomic E-state index is 0.930. The fourth-order valence-electron chi connectivity index (χ4n) is 2.97. The molecule has 0 atom stereocenters. The highest BCUT2D eigenvalue weighted by atomic mass is 15.4. The van der Waals surface area contributed by atoms with Gasteiger partial charge in [-0.05, 0) is 91.5 Å². The van der Waals surface area contributed by atoms with Crippen molar-refractivity contribution < 1.29 is 0 Å². The van der Waals surface area contributed by atoms with E-state index in [0.717, 1.165) is 11.4 Å². The molecule has 2 aromatic heterocycles. The van der Waals surface area contributed by atoms with Gasteiger partial charge in [-0.25, -0.2) is 9.35 Å². The predicted molar refractivity (Wildman–Crippen MR) is 104 cm³/mol. The first-order valence-electron chi connectivity index (χ1n) is 8.49. The first kappa shape index (κ1) is 18.2. The van der Waals surface area contributed by atoms with Crippen molar-refractivity contribution in [3.8, 4) is 0 Å². The lowest BCUT2D eigenvalue weighted by Gasteiger charge is -2.08. The molecule has 0 saturated heterocycles. The van der Waals surface area contributed by atoms with Gasteiger partial charge in [0, 0.05) is 22.8 Å². The molecule has 24 heavy (non-hydrogen) atoms. The smallest absolute Gasteiger partial charge is 0.0812 e. The zero-order chi connectivity index (χ0) is 18.3. The van der Waals surface area contributed by atoms with Crippen molar-refractivity contribution in [2.75, 3.05) is 0 Å². The van der Waals surface area contributed by atoms with E-state index in [1.165, 1.54) is 45.0 Å². The van der Waals surface area contributed by atoms with Gasteiger partial charge in [0.05, 0.1) is 11.4 Å². The molecule has 4 heteroatoms. The Kier molecular flexibility index (Phi) is 4.88. The Labute approximate surface area is 145 Å². The molecule has 0 bridgehead atoms. The number of rotatable bonds is 3. The van der Waals surface area contributed by atoms with Gasteiger partial charge >= 0.3 is 0 Å². The summed E-state index contributed by atoms with van der Waals surface area (Å²) in [4.78, 5) is 0. The van der Waals surface area contributed by atoms with Gasteiger partial charge in [-0.15, -0.1) is 0 Å². The molecule has 0 aliphatic heterocycles. The third-order valence-corrected chi connectivity index (χ3v) is 5.59. The maximum absolute atomic E-state index is 4.81. The van der Waals surface area contributed by atoms with Crippen LogP contribution in [0.4, 0.5) is 0 Å². The summed E-state index contributed by atoms with van der Waals surface area (Å²) in [6.07, 6.45) is 0. The Morgan fingerprint density at radius 1 is 0.500 bits per heavy atom. The second-order valence-corrected chi connectivity index (χ2v) is 6.84. The lowest BCUT2D eigenvalue weighted by Crippen LogP contribution is -2.12. The van der Waals surface area contributed by atoms with E-state index in [4.69, 9.17) is 10.2 Å². The quantitative estimate of drug-likeness (QED) is 0.719. The average molecular weight is 326 g/mol. The summed E-state index contributed by atoms with van der Waals surface area (Å²) in [7, 11) is 0. The highest BCUT2D eigenvalue weighted by Crippen LogP contribution is 2.21. The lowest BCUT2D eigenvalue weighted by molar-refractivity contribution is 0.800. The Balaban J connectivity index is 2.49. The minimum atomic E-state index is 0.930. The summed E-state index contributed by atoms with van der Waals surface area (Å²) >= 11 is 0. The molecule has 0 aliphatic carbocycles. The predicted octanol–water partition coefficient (Wildman–Crippen LogP) is 4.91. The Bertz CT molecular complexity index is 734. The van der Waals surface area contributed by atoms with Crippen LogP contribution in [0.1, 0.15) is 58.9 Å². The zero-order valence-electron chi connectivity index (χ0n) is 16.8. The summed E-state index contributed by atoms with van der Waals surface area (Å²) in [6.45, 7) is 21.1. The minimum Gasteiger partial charge on any atom is -0.242 e. The van der Waals surface area contributed by atoms with E-state index >= 15 is 0 Å². The second-order valence-electron chi connectivity index (χ2n) is 6.84. The van der Waals surface area contributed by atoms with Crippen molar-refractivity contribution in [1.82, 2.24) is 9.35 Å². The van der Waals surface area contributed by atoms with Crippen molar-refractivity contribution >= 4 is 11.4 Å². The standard InChI is InChI=1S/C20H30N4/c1-11-12(2)18(8)23(17(11)7)21-15(5)16(6)22-24-19(9)13(3)14(4)20(24)10/h1-10H3/b21-15-,22-16-. The highest BCUT2D eigenvalue weighted by Gasteiger charge is 2.13. The summed E-state index contributed by atoms with van der Waals surface area (Å²) < 4.78 is 4.07. The zero-order valence-corrected chi connectivity index (χ0v) is 16.8.